The first-order valence-corrected chi connectivity index (χ1v) is 7.10. The summed E-state index contributed by atoms with van der Waals surface area (Å²) in [6.07, 6.45) is 2.95. The lowest BCUT2D eigenvalue weighted by atomic mass is 10.2. The van der Waals surface area contributed by atoms with Gasteiger partial charge in [0.25, 0.3) is 11.8 Å². The quantitative estimate of drug-likeness (QED) is 0.667. The summed E-state index contributed by atoms with van der Waals surface area (Å²) in [6.45, 7) is 0. The Morgan fingerprint density at radius 2 is 1.68 bits per heavy atom. The summed E-state index contributed by atoms with van der Waals surface area (Å²) < 4.78 is 0. The van der Waals surface area contributed by atoms with Gasteiger partial charge < -0.3 is 0 Å². The van der Waals surface area contributed by atoms with Gasteiger partial charge in [-0.25, -0.2) is 0 Å². The number of carbonyl (C=O) groups excluding carboxylic acids is 2. The van der Waals surface area contributed by atoms with Gasteiger partial charge in [0.2, 0.25) is 0 Å². The van der Waals surface area contributed by atoms with Crippen molar-refractivity contribution in [1.29, 1.82) is 0 Å². The number of carbonyl (C=O) groups is 2. The molecule has 2 aromatic rings. The molecule has 2 rings (SSSR count). The molecule has 6 heteroatoms. The first-order valence-electron chi connectivity index (χ1n) is 6.35. The number of hydrogen-bond acceptors (Lipinski definition) is 2. The zero-order valence-corrected chi connectivity index (χ0v) is 12.9. The third-order valence-corrected chi connectivity index (χ3v) is 3.25. The largest absolute Gasteiger partial charge is 0.271 e. The van der Waals surface area contributed by atoms with Gasteiger partial charge in [0.15, 0.2) is 0 Å². The van der Waals surface area contributed by atoms with E-state index < -0.39 is 11.8 Å². The highest BCUT2D eigenvalue weighted by Crippen LogP contribution is 2.20. The van der Waals surface area contributed by atoms with E-state index >= 15 is 0 Å². The molecule has 0 spiro atoms. The van der Waals surface area contributed by atoms with E-state index in [0.29, 0.717) is 5.02 Å². The fourth-order valence-corrected chi connectivity index (χ4v) is 2.13. The highest BCUT2D eigenvalue weighted by atomic mass is 35.5. The molecule has 0 radical (unpaired) electrons. The minimum atomic E-state index is -0.525. The fourth-order valence-electron chi connectivity index (χ4n) is 1.64. The first-order chi connectivity index (χ1) is 10.6. The van der Waals surface area contributed by atoms with Crippen molar-refractivity contribution in [2.24, 2.45) is 0 Å². The van der Waals surface area contributed by atoms with E-state index in [1.165, 1.54) is 18.2 Å². The van der Waals surface area contributed by atoms with Gasteiger partial charge in [0, 0.05) is 11.1 Å². The van der Waals surface area contributed by atoms with Crippen LogP contribution in [0, 0.1) is 0 Å². The van der Waals surface area contributed by atoms with Crippen molar-refractivity contribution in [2.75, 3.05) is 0 Å². The normalized spacial score (nSPS) is 10.5. The number of amides is 2. The third-order valence-electron chi connectivity index (χ3n) is 2.70. The van der Waals surface area contributed by atoms with Gasteiger partial charge in [-0.3, -0.25) is 20.4 Å². The van der Waals surface area contributed by atoms with Crippen LogP contribution in [0.3, 0.4) is 0 Å². The number of hydrazine groups is 1. The van der Waals surface area contributed by atoms with Gasteiger partial charge in [-0.2, -0.15) is 0 Å². The van der Waals surface area contributed by atoms with E-state index in [1.54, 1.807) is 12.1 Å². The summed E-state index contributed by atoms with van der Waals surface area (Å²) in [7, 11) is 0. The Labute approximate surface area is 137 Å². The lowest BCUT2D eigenvalue weighted by Gasteiger charge is -2.07. The summed E-state index contributed by atoms with van der Waals surface area (Å²) in [6, 6.07) is 13.8. The van der Waals surface area contributed by atoms with Gasteiger partial charge in [-0.15, -0.1) is 0 Å². The maximum Gasteiger partial charge on any atom is 0.271 e. The Bertz CT molecular complexity index is 715. The van der Waals surface area contributed by atoms with Crippen molar-refractivity contribution in [2.45, 2.75) is 0 Å². The second-order valence-corrected chi connectivity index (χ2v) is 5.16. The van der Waals surface area contributed by atoms with Gasteiger partial charge in [0.05, 0.1) is 10.6 Å². The van der Waals surface area contributed by atoms with E-state index in [1.807, 2.05) is 30.3 Å². The Kier molecular flexibility index (Phi) is 5.58. The van der Waals surface area contributed by atoms with E-state index in [-0.39, 0.29) is 10.6 Å². The van der Waals surface area contributed by atoms with Crippen LogP contribution in [-0.2, 0) is 4.79 Å². The molecule has 2 amide bonds. The average Bonchev–Trinajstić information content (AvgIpc) is 2.51. The van der Waals surface area contributed by atoms with Crippen LogP contribution < -0.4 is 10.9 Å². The van der Waals surface area contributed by atoms with Crippen LogP contribution in [0.1, 0.15) is 15.9 Å². The van der Waals surface area contributed by atoms with E-state index in [9.17, 15) is 9.59 Å². The minimum Gasteiger partial charge on any atom is -0.268 e. The monoisotopic (exact) mass is 334 g/mol. The summed E-state index contributed by atoms with van der Waals surface area (Å²) in [5, 5.41) is 0.635. The summed E-state index contributed by atoms with van der Waals surface area (Å²) >= 11 is 11.7. The van der Waals surface area contributed by atoms with Gasteiger partial charge in [-0.05, 0) is 29.8 Å². The summed E-state index contributed by atoms with van der Waals surface area (Å²) in [4.78, 5) is 23.5. The van der Waals surface area contributed by atoms with Crippen LogP contribution in [0.15, 0.2) is 54.6 Å². The molecular weight excluding hydrogens is 323 g/mol. The van der Waals surface area contributed by atoms with Crippen LogP contribution in [0.4, 0.5) is 0 Å². The molecule has 0 aliphatic heterocycles. The number of rotatable bonds is 3. The van der Waals surface area contributed by atoms with Gasteiger partial charge in [0.1, 0.15) is 0 Å². The Balaban J connectivity index is 1.91. The molecule has 0 saturated carbocycles. The topological polar surface area (TPSA) is 58.2 Å². The van der Waals surface area contributed by atoms with Gasteiger partial charge >= 0.3 is 0 Å². The first kappa shape index (κ1) is 16.1. The zero-order chi connectivity index (χ0) is 15.9. The summed E-state index contributed by atoms with van der Waals surface area (Å²) in [5.74, 6) is -0.981. The van der Waals surface area contributed by atoms with Crippen LogP contribution in [0.5, 0.6) is 0 Å². The fraction of sp³-hybridized carbons (Fsp3) is 0. The number of nitrogens with one attached hydrogen (secondary N) is 2. The van der Waals surface area contributed by atoms with E-state index in [0.717, 1.165) is 5.56 Å². The number of halogens is 2. The molecule has 0 aromatic heterocycles. The van der Waals surface area contributed by atoms with Crippen LogP contribution in [0.2, 0.25) is 10.0 Å². The number of benzene rings is 2. The predicted molar refractivity (Wildman–Crippen MR) is 87.5 cm³/mol. The maximum absolute atomic E-state index is 11.9. The third kappa shape index (κ3) is 4.62. The molecule has 4 nitrogen and oxygen atoms in total. The van der Waals surface area contributed by atoms with Gasteiger partial charge in [-0.1, -0.05) is 53.5 Å². The lowest BCUT2D eigenvalue weighted by Crippen LogP contribution is -2.40. The van der Waals surface area contributed by atoms with Crippen molar-refractivity contribution in [3.8, 4) is 0 Å². The molecule has 0 saturated heterocycles. The molecule has 0 aliphatic carbocycles. The lowest BCUT2D eigenvalue weighted by molar-refractivity contribution is -0.117. The Morgan fingerprint density at radius 1 is 0.955 bits per heavy atom. The smallest absolute Gasteiger partial charge is 0.268 e. The van der Waals surface area contributed by atoms with Crippen molar-refractivity contribution >= 4 is 41.1 Å². The van der Waals surface area contributed by atoms with Crippen LogP contribution >= 0.6 is 23.2 Å². The molecular formula is C16H12Cl2N2O2. The van der Waals surface area contributed by atoms with Crippen molar-refractivity contribution in [3.05, 3.63) is 75.8 Å². The van der Waals surface area contributed by atoms with Crippen molar-refractivity contribution < 1.29 is 9.59 Å². The minimum absolute atomic E-state index is 0.207. The molecule has 112 valence electrons. The summed E-state index contributed by atoms with van der Waals surface area (Å²) in [5.41, 5.74) is 5.65. The SMILES string of the molecule is O=C(/C=C\c1ccccc1)NNC(=O)c1ccc(Cl)cc1Cl. The average molecular weight is 335 g/mol. The molecule has 0 bridgehead atoms. The van der Waals surface area contributed by atoms with Crippen LogP contribution in [0.25, 0.3) is 6.08 Å². The van der Waals surface area contributed by atoms with E-state index in [4.69, 9.17) is 23.2 Å². The standard InChI is InChI=1S/C16H12Cl2N2O2/c17-12-7-8-13(14(18)10-12)16(22)20-19-15(21)9-6-11-4-2-1-3-5-11/h1-10H,(H,19,21)(H,20,22)/b9-6-. The predicted octanol–water partition coefficient (Wildman–Crippen LogP) is 3.47. The maximum atomic E-state index is 11.9. The number of hydrogen-bond donors (Lipinski definition) is 2. The highest BCUT2D eigenvalue weighted by Gasteiger charge is 2.10. The second-order valence-electron chi connectivity index (χ2n) is 4.31. The van der Waals surface area contributed by atoms with Crippen molar-refractivity contribution in [3.63, 3.8) is 0 Å². The molecule has 0 heterocycles. The molecule has 2 N–H and O–H groups in total. The molecule has 0 aliphatic rings. The molecule has 0 fully saturated rings. The van der Waals surface area contributed by atoms with Crippen molar-refractivity contribution in [1.82, 2.24) is 10.9 Å². The second kappa shape index (κ2) is 7.64. The zero-order valence-electron chi connectivity index (χ0n) is 11.3. The molecule has 2 aromatic carbocycles. The molecule has 0 unspecified atom stereocenters. The van der Waals surface area contributed by atoms with Crippen LogP contribution in [-0.4, -0.2) is 11.8 Å². The Morgan fingerprint density at radius 3 is 2.36 bits per heavy atom. The molecule has 0 atom stereocenters. The van der Waals surface area contributed by atoms with E-state index in [2.05, 4.69) is 10.9 Å². The molecule has 22 heavy (non-hydrogen) atoms. The highest BCUT2D eigenvalue weighted by molar-refractivity contribution is 6.36. The Hall–Kier alpha value is -2.30.